The van der Waals surface area contributed by atoms with Gasteiger partial charge in [-0.2, -0.15) is 4.80 Å². The molecule has 0 bridgehead atoms. The van der Waals surface area contributed by atoms with Gasteiger partial charge in [-0.3, -0.25) is 0 Å². The zero-order chi connectivity index (χ0) is 15.5. The predicted octanol–water partition coefficient (Wildman–Crippen LogP) is 3.13. The molecule has 1 atom stereocenters. The van der Waals surface area contributed by atoms with Gasteiger partial charge in [0.05, 0.1) is 13.6 Å². The van der Waals surface area contributed by atoms with Crippen LogP contribution in [0.4, 0.5) is 0 Å². The minimum absolute atomic E-state index is 0.215. The number of rotatable bonds is 5. The van der Waals surface area contributed by atoms with Crippen LogP contribution < -0.4 is 5.32 Å². The number of nitrogens with zero attached hydrogens (tertiary/aromatic N) is 4. The summed E-state index contributed by atoms with van der Waals surface area (Å²) in [6.07, 6.45) is 1.01. The highest BCUT2D eigenvalue weighted by molar-refractivity contribution is 6.30. The molecule has 1 heterocycles. The molecule has 0 fully saturated rings. The number of aryl methyl sites for hydroxylation is 1. The molecule has 1 aromatic carbocycles. The number of benzene rings is 1. The van der Waals surface area contributed by atoms with Gasteiger partial charge in [0, 0.05) is 11.1 Å². The summed E-state index contributed by atoms with van der Waals surface area (Å²) in [5, 5.41) is 16.3. The van der Waals surface area contributed by atoms with E-state index in [9.17, 15) is 0 Å². The molecule has 0 aliphatic heterocycles. The van der Waals surface area contributed by atoms with Gasteiger partial charge < -0.3 is 5.32 Å². The summed E-state index contributed by atoms with van der Waals surface area (Å²) in [5.74, 6) is 0.699. The summed E-state index contributed by atoms with van der Waals surface area (Å²) in [6.45, 7) is 7.30. The first-order chi connectivity index (χ1) is 9.83. The zero-order valence-corrected chi connectivity index (χ0v) is 13.7. The lowest BCUT2D eigenvalue weighted by atomic mass is 9.85. The Morgan fingerprint density at radius 1 is 1.24 bits per heavy atom. The number of halogens is 1. The van der Waals surface area contributed by atoms with Crippen molar-refractivity contribution in [2.24, 2.45) is 12.5 Å². The number of hydrogen-bond donors (Lipinski definition) is 1. The first-order valence-corrected chi connectivity index (χ1v) is 7.43. The lowest BCUT2D eigenvalue weighted by Gasteiger charge is -2.27. The largest absolute Gasteiger partial charge is 0.303 e. The highest BCUT2D eigenvalue weighted by Gasteiger charge is 2.20. The van der Waals surface area contributed by atoms with Gasteiger partial charge in [-0.15, -0.1) is 10.2 Å². The zero-order valence-electron chi connectivity index (χ0n) is 13.0. The summed E-state index contributed by atoms with van der Waals surface area (Å²) in [5.41, 5.74) is 1.44. The number of tetrazole rings is 1. The van der Waals surface area contributed by atoms with Crippen LogP contribution in [0.5, 0.6) is 0 Å². The molecule has 0 aliphatic carbocycles. The van der Waals surface area contributed by atoms with E-state index in [4.69, 9.17) is 11.6 Å². The maximum Gasteiger partial charge on any atom is 0.188 e. The van der Waals surface area contributed by atoms with E-state index in [1.165, 1.54) is 10.4 Å². The normalized spacial score (nSPS) is 13.4. The van der Waals surface area contributed by atoms with E-state index in [1.54, 1.807) is 7.05 Å². The predicted molar refractivity (Wildman–Crippen MR) is 83.9 cm³/mol. The van der Waals surface area contributed by atoms with Crippen LogP contribution in [0.1, 0.15) is 44.6 Å². The van der Waals surface area contributed by atoms with Gasteiger partial charge in [0.25, 0.3) is 0 Å². The molecule has 0 aliphatic rings. The van der Waals surface area contributed by atoms with Gasteiger partial charge in [-0.25, -0.2) is 0 Å². The molecule has 1 aromatic heterocycles. The lowest BCUT2D eigenvalue weighted by Crippen LogP contribution is -2.26. The van der Waals surface area contributed by atoms with E-state index in [1.807, 2.05) is 12.1 Å². The Bertz CT molecular complexity index is 570. The van der Waals surface area contributed by atoms with Gasteiger partial charge in [-0.05, 0) is 34.7 Å². The van der Waals surface area contributed by atoms with E-state index in [-0.39, 0.29) is 11.5 Å². The van der Waals surface area contributed by atoms with Crippen LogP contribution in [-0.2, 0) is 13.6 Å². The average molecular weight is 308 g/mol. The van der Waals surface area contributed by atoms with E-state index in [2.05, 4.69) is 53.6 Å². The lowest BCUT2D eigenvalue weighted by molar-refractivity contribution is 0.309. The Hall–Kier alpha value is -1.46. The monoisotopic (exact) mass is 307 g/mol. The Balaban J connectivity index is 2.10. The van der Waals surface area contributed by atoms with Crippen molar-refractivity contribution in [3.8, 4) is 0 Å². The van der Waals surface area contributed by atoms with Crippen LogP contribution in [-0.4, -0.2) is 20.2 Å². The number of hydrogen-bond acceptors (Lipinski definition) is 4. The third-order valence-corrected chi connectivity index (χ3v) is 3.40. The first kappa shape index (κ1) is 15.9. The topological polar surface area (TPSA) is 55.6 Å². The minimum Gasteiger partial charge on any atom is -0.303 e. The second-order valence-electron chi connectivity index (χ2n) is 6.44. The summed E-state index contributed by atoms with van der Waals surface area (Å²) in [6, 6.07) is 8.21. The molecule has 0 saturated heterocycles. The number of aromatic nitrogens is 4. The molecular formula is C15H22ClN5. The van der Waals surface area contributed by atoms with Crippen LogP contribution in [0.3, 0.4) is 0 Å². The van der Waals surface area contributed by atoms with Crippen molar-refractivity contribution in [3.63, 3.8) is 0 Å². The van der Waals surface area contributed by atoms with E-state index in [0.29, 0.717) is 12.4 Å². The first-order valence-electron chi connectivity index (χ1n) is 7.05. The molecule has 114 valence electrons. The average Bonchev–Trinajstić information content (AvgIpc) is 2.80. The van der Waals surface area contributed by atoms with Gasteiger partial charge >= 0.3 is 0 Å². The molecule has 2 rings (SSSR count). The van der Waals surface area contributed by atoms with Crippen LogP contribution in [0.2, 0.25) is 5.02 Å². The fourth-order valence-electron chi connectivity index (χ4n) is 2.22. The highest BCUT2D eigenvalue weighted by Crippen LogP contribution is 2.30. The fourth-order valence-corrected chi connectivity index (χ4v) is 2.35. The van der Waals surface area contributed by atoms with Gasteiger partial charge in [0.1, 0.15) is 0 Å². The van der Waals surface area contributed by atoms with E-state index >= 15 is 0 Å². The second-order valence-corrected chi connectivity index (χ2v) is 6.88. The Morgan fingerprint density at radius 3 is 2.43 bits per heavy atom. The minimum atomic E-state index is 0.215. The van der Waals surface area contributed by atoms with Crippen molar-refractivity contribution in [3.05, 3.63) is 40.7 Å². The second kappa shape index (κ2) is 6.54. The Kier molecular flexibility index (Phi) is 4.96. The van der Waals surface area contributed by atoms with Gasteiger partial charge in [0.15, 0.2) is 5.82 Å². The van der Waals surface area contributed by atoms with Crippen LogP contribution in [0, 0.1) is 5.41 Å². The van der Waals surface area contributed by atoms with Crippen LogP contribution in [0.15, 0.2) is 24.3 Å². The van der Waals surface area contributed by atoms with Gasteiger partial charge in [-0.1, -0.05) is 44.5 Å². The standard InChI is InChI=1S/C15H22ClN5/c1-15(2,3)9-13(11-5-7-12(16)8-6-11)17-10-14-18-20-21(4)19-14/h5-8,13,17H,9-10H2,1-4H3/t13-/m0/s1. The third-order valence-electron chi connectivity index (χ3n) is 3.15. The van der Waals surface area contributed by atoms with Crippen molar-refractivity contribution in [2.75, 3.05) is 0 Å². The molecule has 0 unspecified atom stereocenters. The SMILES string of the molecule is Cn1nnc(CN[C@@H](CC(C)(C)C)c2ccc(Cl)cc2)n1. The molecular weight excluding hydrogens is 286 g/mol. The van der Waals surface area contributed by atoms with E-state index < -0.39 is 0 Å². The summed E-state index contributed by atoms with van der Waals surface area (Å²) in [4.78, 5) is 1.47. The molecule has 0 radical (unpaired) electrons. The van der Waals surface area contributed by atoms with Gasteiger partial charge in [0.2, 0.25) is 0 Å². The summed E-state index contributed by atoms with van der Waals surface area (Å²) < 4.78 is 0. The number of nitrogens with one attached hydrogen (secondary N) is 1. The molecule has 0 amide bonds. The van der Waals surface area contributed by atoms with Crippen molar-refractivity contribution in [1.29, 1.82) is 0 Å². The molecule has 2 aromatic rings. The van der Waals surface area contributed by atoms with Crippen molar-refractivity contribution < 1.29 is 0 Å². The summed E-state index contributed by atoms with van der Waals surface area (Å²) >= 11 is 5.97. The van der Waals surface area contributed by atoms with Crippen molar-refractivity contribution in [2.45, 2.75) is 39.8 Å². The molecule has 0 spiro atoms. The van der Waals surface area contributed by atoms with E-state index in [0.717, 1.165) is 11.4 Å². The van der Waals surface area contributed by atoms with Crippen molar-refractivity contribution in [1.82, 2.24) is 25.5 Å². The fraction of sp³-hybridized carbons (Fsp3) is 0.533. The Morgan fingerprint density at radius 2 is 1.90 bits per heavy atom. The maximum atomic E-state index is 5.97. The molecule has 21 heavy (non-hydrogen) atoms. The highest BCUT2D eigenvalue weighted by atomic mass is 35.5. The third kappa shape index (κ3) is 5.10. The van der Waals surface area contributed by atoms with Crippen LogP contribution >= 0.6 is 11.6 Å². The smallest absolute Gasteiger partial charge is 0.188 e. The molecule has 0 saturated carbocycles. The molecule has 1 N–H and O–H groups in total. The molecule has 5 nitrogen and oxygen atoms in total. The van der Waals surface area contributed by atoms with Crippen LogP contribution in [0.25, 0.3) is 0 Å². The molecule has 6 heteroatoms. The summed E-state index contributed by atoms with van der Waals surface area (Å²) in [7, 11) is 1.77. The maximum absolute atomic E-state index is 5.97. The quantitative estimate of drug-likeness (QED) is 0.922. The Labute approximate surface area is 130 Å². The van der Waals surface area contributed by atoms with Crippen molar-refractivity contribution >= 4 is 11.6 Å².